The molecular formula is C14H12ClFN2O2. The lowest BCUT2D eigenvalue weighted by Gasteiger charge is -2.09. The number of hydrogen-bond donors (Lipinski definition) is 2. The number of anilines is 2. The molecule has 0 spiro atoms. The van der Waals surface area contributed by atoms with Gasteiger partial charge in [-0.15, -0.1) is 0 Å². The van der Waals surface area contributed by atoms with Gasteiger partial charge in [-0.1, -0.05) is 17.7 Å². The lowest BCUT2D eigenvalue weighted by Crippen LogP contribution is -2.14. The van der Waals surface area contributed by atoms with Crippen LogP contribution in [0.5, 0.6) is 5.75 Å². The summed E-state index contributed by atoms with van der Waals surface area (Å²) in [6.07, 6.45) is 0. The van der Waals surface area contributed by atoms with E-state index in [0.717, 1.165) is 0 Å². The average molecular weight is 295 g/mol. The first-order valence-corrected chi connectivity index (χ1v) is 6.09. The van der Waals surface area contributed by atoms with Gasteiger partial charge in [-0.2, -0.15) is 0 Å². The van der Waals surface area contributed by atoms with Crippen molar-refractivity contribution >= 4 is 28.9 Å². The summed E-state index contributed by atoms with van der Waals surface area (Å²) in [6.45, 7) is 0. The number of nitrogens with two attached hydrogens (primary N) is 1. The second-order valence-electron chi connectivity index (χ2n) is 4.00. The number of carbonyl (C=O) groups excluding carboxylic acids is 1. The molecule has 0 radical (unpaired) electrons. The van der Waals surface area contributed by atoms with Crippen molar-refractivity contribution in [1.82, 2.24) is 0 Å². The molecule has 6 heteroatoms. The van der Waals surface area contributed by atoms with Crippen LogP contribution in [0.1, 0.15) is 10.4 Å². The summed E-state index contributed by atoms with van der Waals surface area (Å²) in [6, 6.07) is 8.83. The molecule has 0 saturated heterocycles. The van der Waals surface area contributed by atoms with Crippen LogP contribution in [0, 0.1) is 5.82 Å². The van der Waals surface area contributed by atoms with Gasteiger partial charge in [0.05, 0.1) is 23.4 Å². The van der Waals surface area contributed by atoms with Crippen LogP contribution in [0.3, 0.4) is 0 Å². The molecule has 0 aliphatic rings. The van der Waals surface area contributed by atoms with Crippen LogP contribution in [-0.4, -0.2) is 13.0 Å². The highest BCUT2D eigenvalue weighted by Crippen LogP contribution is 2.27. The molecule has 104 valence electrons. The number of ether oxygens (including phenoxy) is 1. The first-order chi connectivity index (χ1) is 9.52. The smallest absolute Gasteiger partial charge is 0.257 e. The van der Waals surface area contributed by atoms with E-state index < -0.39 is 11.7 Å². The molecule has 0 fully saturated rings. The van der Waals surface area contributed by atoms with E-state index in [4.69, 9.17) is 22.1 Å². The van der Waals surface area contributed by atoms with E-state index in [0.29, 0.717) is 16.5 Å². The number of hydrogen-bond acceptors (Lipinski definition) is 3. The van der Waals surface area contributed by atoms with Crippen LogP contribution in [0.25, 0.3) is 0 Å². The second kappa shape index (κ2) is 5.79. The SMILES string of the molecule is COc1ccc(NC(=O)c2cccc(F)c2N)cc1Cl. The van der Waals surface area contributed by atoms with Crippen LogP contribution in [-0.2, 0) is 0 Å². The number of halogens is 2. The van der Waals surface area contributed by atoms with Gasteiger partial charge in [0.25, 0.3) is 5.91 Å². The molecule has 0 aromatic heterocycles. The zero-order valence-electron chi connectivity index (χ0n) is 10.6. The first-order valence-electron chi connectivity index (χ1n) is 5.72. The van der Waals surface area contributed by atoms with Crippen LogP contribution < -0.4 is 15.8 Å². The molecule has 0 aliphatic heterocycles. The molecular weight excluding hydrogens is 283 g/mol. The van der Waals surface area contributed by atoms with Gasteiger partial charge >= 0.3 is 0 Å². The molecule has 0 heterocycles. The minimum absolute atomic E-state index is 0.0666. The summed E-state index contributed by atoms with van der Waals surface area (Å²) in [5, 5.41) is 2.95. The summed E-state index contributed by atoms with van der Waals surface area (Å²) >= 11 is 5.95. The number of benzene rings is 2. The van der Waals surface area contributed by atoms with E-state index in [2.05, 4.69) is 5.32 Å². The van der Waals surface area contributed by atoms with Gasteiger partial charge in [-0.3, -0.25) is 4.79 Å². The summed E-state index contributed by atoms with van der Waals surface area (Å²) in [7, 11) is 1.49. The maximum Gasteiger partial charge on any atom is 0.257 e. The van der Waals surface area contributed by atoms with E-state index >= 15 is 0 Å². The molecule has 2 aromatic rings. The molecule has 0 atom stereocenters. The topological polar surface area (TPSA) is 64.3 Å². The Morgan fingerprint density at radius 1 is 1.35 bits per heavy atom. The number of methoxy groups -OCH3 is 1. The van der Waals surface area contributed by atoms with Crippen LogP contribution in [0.2, 0.25) is 5.02 Å². The van der Waals surface area contributed by atoms with Gasteiger partial charge in [-0.05, 0) is 30.3 Å². The molecule has 4 nitrogen and oxygen atoms in total. The summed E-state index contributed by atoms with van der Waals surface area (Å²) < 4.78 is 18.3. The van der Waals surface area contributed by atoms with Gasteiger partial charge in [0, 0.05) is 5.69 Å². The van der Waals surface area contributed by atoms with E-state index in [1.165, 1.54) is 31.4 Å². The molecule has 0 bridgehead atoms. The van der Waals surface area contributed by atoms with Gasteiger partial charge in [-0.25, -0.2) is 4.39 Å². The number of nitrogens with one attached hydrogen (secondary N) is 1. The van der Waals surface area contributed by atoms with Gasteiger partial charge in [0.15, 0.2) is 0 Å². The van der Waals surface area contributed by atoms with E-state index in [9.17, 15) is 9.18 Å². The van der Waals surface area contributed by atoms with Crippen molar-refractivity contribution < 1.29 is 13.9 Å². The predicted molar refractivity (Wildman–Crippen MR) is 76.8 cm³/mol. The average Bonchev–Trinajstić information content (AvgIpc) is 2.42. The Kier molecular flexibility index (Phi) is 4.10. The Morgan fingerprint density at radius 3 is 2.75 bits per heavy atom. The van der Waals surface area contributed by atoms with Gasteiger partial charge < -0.3 is 15.8 Å². The van der Waals surface area contributed by atoms with Crippen molar-refractivity contribution in [2.75, 3.05) is 18.2 Å². The van der Waals surface area contributed by atoms with Gasteiger partial charge in [0.2, 0.25) is 0 Å². The Balaban J connectivity index is 2.24. The number of carbonyl (C=O) groups is 1. The largest absolute Gasteiger partial charge is 0.495 e. The van der Waals surface area contributed by atoms with Crippen molar-refractivity contribution in [2.24, 2.45) is 0 Å². The molecule has 0 saturated carbocycles. The lowest BCUT2D eigenvalue weighted by molar-refractivity contribution is 0.102. The first kappa shape index (κ1) is 14.1. The van der Waals surface area contributed by atoms with E-state index in [1.807, 2.05) is 0 Å². The monoisotopic (exact) mass is 294 g/mol. The molecule has 2 rings (SSSR count). The van der Waals surface area contributed by atoms with Crippen molar-refractivity contribution in [3.8, 4) is 5.75 Å². The fourth-order valence-electron chi connectivity index (χ4n) is 1.68. The van der Waals surface area contributed by atoms with Crippen molar-refractivity contribution in [1.29, 1.82) is 0 Å². The number of para-hydroxylation sites is 1. The molecule has 0 unspecified atom stereocenters. The fraction of sp³-hybridized carbons (Fsp3) is 0.0714. The van der Waals surface area contributed by atoms with Crippen molar-refractivity contribution in [2.45, 2.75) is 0 Å². The third-order valence-electron chi connectivity index (χ3n) is 2.71. The molecule has 2 aromatic carbocycles. The molecule has 20 heavy (non-hydrogen) atoms. The Labute approximate surface area is 120 Å². The number of amides is 1. The van der Waals surface area contributed by atoms with Crippen LogP contribution >= 0.6 is 11.6 Å². The maximum absolute atomic E-state index is 13.3. The number of nitrogen functional groups attached to an aromatic ring is 1. The van der Waals surface area contributed by atoms with E-state index in [-0.39, 0.29) is 11.3 Å². The zero-order chi connectivity index (χ0) is 14.7. The third kappa shape index (κ3) is 2.83. The Bertz CT molecular complexity index is 662. The maximum atomic E-state index is 13.3. The minimum atomic E-state index is -0.634. The number of rotatable bonds is 3. The highest BCUT2D eigenvalue weighted by atomic mass is 35.5. The summed E-state index contributed by atoms with van der Waals surface area (Å²) in [5.41, 5.74) is 5.87. The summed E-state index contributed by atoms with van der Waals surface area (Å²) in [4.78, 5) is 12.0. The quantitative estimate of drug-likeness (QED) is 0.854. The normalized spacial score (nSPS) is 10.2. The Hall–Kier alpha value is -2.27. The third-order valence-corrected chi connectivity index (χ3v) is 3.00. The predicted octanol–water partition coefficient (Wildman–Crippen LogP) is 3.32. The zero-order valence-corrected chi connectivity index (χ0v) is 11.4. The highest BCUT2D eigenvalue weighted by molar-refractivity contribution is 6.32. The lowest BCUT2D eigenvalue weighted by atomic mass is 10.1. The summed E-state index contributed by atoms with van der Waals surface area (Å²) in [5.74, 6) is -0.649. The molecule has 3 N–H and O–H groups in total. The van der Waals surface area contributed by atoms with E-state index in [1.54, 1.807) is 12.1 Å². The molecule has 0 aliphatic carbocycles. The fourth-order valence-corrected chi connectivity index (χ4v) is 1.94. The Morgan fingerprint density at radius 2 is 2.10 bits per heavy atom. The van der Waals surface area contributed by atoms with Crippen LogP contribution in [0.15, 0.2) is 36.4 Å². The molecule has 1 amide bonds. The van der Waals surface area contributed by atoms with Gasteiger partial charge in [0.1, 0.15) is 11.6 Å². The van der Waals surface area contributed by atoms with Crippen molar-refractivity contribution in [3.05, 3.63) is 52.8 Å². The van der Waals surface area contributed by atoms with Crippen LogP contribution in [0.4, 0.5) is 15.8 Å². The minimum Gasteiger partial charge on any atom is -0.495 e. The standard InChI is InChI=1S/C14H12ClFN2O2/c1-20-12-6-5-8(7-10(12)15)18-14(19)9-3-2-4-11(16)13(9)17/h2-7H,17H2,1H3,(H,18,19). The second-order valence-corrected chi connectivity index (χ2v) is 4.41. The highest BCUT2D eigenvalue weighted by Gasteiger charge is 2.13. The van der Waals surface area contributed by atoms with Crippen molar-refractivity contribution in [3.63, 3.8) is 0 Å².